The van der Waals surface area contributed by atoms with Crippen LogP contribution in [0.4, 0.5) is 10.1 Å². The second-order valence-electron chi connectivity index (χ2n) is 5.42. The van der Waals surface area contributed by atoms with Crippen molar-refractivity contribution >= 4 is 17.3 Å². The van der Waals surface area contributed by atoms with E-state index in [0.717, 1.165) is 19.0 Å². The smallest absolute Gasteiger partial charge is 0.148 e. The fourth-order valence-electron chi connectivity index (χ4n) is 2.78. The zero-order chi connectivity index (χ0) is 12.7. The van der Waals surface area contributed by atoms with Crippen LogP contribution >= 0.6 is 11.6 Å². The molecule has 98 valence electrons. The molecule has 3 rings (SSSR count). The van der Waals surface area contributed by atoms with Gasteiger partial charge in [0.25, 0.3) is 0 Å². The zero-order valence-electron chi connectivity index (χ0n) is 10.5. The highest BCUT2D eigenvalue weighted by Crippen LogP contribution is 2.37. The number of rotatable bonds is 2. The SMILES string of the molecule is CC1CNC(C2CC2)CN1c1c(F)cccc1Cl. The fraction of sp³-hybridized carbons (Fsp3) is 0.571. The van der Waals surface area contributed by atoms with Gasteiger partial charge in [0.2, 0.25) is 0 Å². The van der Waals surface area contributed by atoms with Crippen LogP contribution in [0.1, 0.15) is 19.8 Å². The maximum atomic E-state index is 14.0. The molecule has 18 heavy (non-hydrogen) atoms. The quantitative estimate of drug-likeness (QED) is 0.887. The fourth-order valence-corrected chi connectivity index (χ4v) is 3.05. The Morgan fingerprint density at radius 2 is 2.17 bits per heavy atom. The van der Waals surface area contributed by atoms with Crippen molar-refractivity contribution in [2.75, 3.05) is 18.0 Å². The van der Waals surface area contributed by atoms with Crippen molar-refractivity contribution in [2.24, 2.45) is 5.92 Å². The van der Waals surface area contributed by atoms with Gasteiger partial charge in [-0.3, -0.25) is 0 Å². The molecule has 1 aromatic carbocycles. The summed E-state index contributed by atoms with van der Waals surface area (Å²) in [5.41, 5.74) is 0.568. The van der Waals surface area contributed by atoms with Gasteiger partial charge in [-0.1, -0.05) is 17.7 Å². The van der Waals surface area contributed by atoms with E-state index < -0.39 is 0 Å². The average Bonchev–Trinajstić information content (AvgIpc) is 3.15. The lowest BCUT2D eigenvalue weighted by molar-refractivity contribution is 0.373. The van der Waals surface area contributed by atoms with Crippen molar-refractivity contribution in [3.8, 4) is 0 Å². The maximum Gasteiger partial charge on any atom is 0.148 e. The third kappa shape index (κ3) is 2.21. The van der Waals surface area contributed by atoms with Crippen molar-refractivity contribution in [1.29, 1.82) is 0 Å². The molecule has 1 aliphatic carbocycles. The summed E-state index contributed by atoms with van der Waals surface area (Å²) in [6, 6.07) is 5.67. The van der Waals surface area contributed by atoms with Crippen LogP contribution in [-0.2, 0) is 0 Å². The average molecular weight is 269 g/mol. The Morgan fingerprint density at radius 3 is 2.83 bits per heavy atom. The molecule has 1 saturated heterocycles. The Balaban J connectivity index is 1.88. The van der Waals surface area contributed by atoms with E-state index in [9.17, 15) is 4.39 Å². The number of nitrogens with one attached hydrogen (secondary N) is 1. The summed E-state index contributed by atoms with van der Waals surface area (Å²) in [7, 11) is 0. The van der Waals surface area contributed by atoms with Crippen molar-refractivity contribution in [1.82, 2.24) is 5.32 Å². The zero-order valence-corrected chi connectivity index (χ0v) is 11.3. The van der Waals surface area contributed by atoms with Crippen molar-refractivity contribution < 1.29 is 4.39 Å². The number of benzene rings is 1. The summed E-state index contributed by atoms with van der Waals surface area (Å²) in [5, 5.41) is 4.07. The van der Waals surface area contributed by atoms with E-state index in [2.05, 4.69) is 17.1 Å². The minimum atomic E-state index is -0.217. The summed E-state index contributed by atoms with van der Waals surface area (Å²) in [6.45, 7) is 3.86. The van der Waals surface area contributed by atoms with E-state index in [0.29, 0.717) is 16.8 Å². The minimum Gasteiger partial charge on any atom is -0.362 e. The Bertz CT molecular complexity index is 427. The van der Waals surface area contributed by atoms with Crippen LogP contribution in [0.3, 0.4) is 0 Å². The lowest BCUT2D eigenvalue weighted by Crippen LogP contribution is -2.56. The van der Waals surface area contributed by atoms with Gasteiger partial charge >= 0.3 is 0 Å². The molecule has 1 aromatic rings. The van der Waals surface area contributed by atoms with Gasteiger partial charge in [0.05, 0.1) is 10.7 Å². The predicted octanol–water partition coefficient (Wildman–Crippen LogP) is 3.06. The highest BCUT2D eigenvalue weighted by Gasteiger charge is 2.37. The Kier molecular flexibility index (Phi) is 3.20. The molecular formula is C14H18ClFN2. The van der Waals surface area contributed by atoms with Gasteiger partial charge in [-0.2, -0.15) is 0 Å². The first-order valence-electron chi connectivity index (χ1n) is 6.61. The molecule has 2 atom stereocenters. The normalized spacial score (nSPS) is 28.5. The summed E-state index contributed by atoms with van der Waals surface area (Å²) >= 11 is 6.17. The van der Waals surface area contributed by atoms with Gasteiger partial charge in [0.1, 0.15) is 5.82 Å². The molecule has 0 spiro atoms. The summed E-state index contributed by atoms with van der Waals surface area (Å²) < 4.78 is 14.0. The van der Waals surface area contributed by atoms with Crippen molar-refractivity contribution in [3.05, 3.63) is 29.0 Å². The van der Waals surface area contributed by atoms with Gasteiger partial charge in [-0.25, -0.2) is 4.39 Å². The molecule has 1 heterocycles. The molecule has 0 radical (unpaired) electrons. The van der Waals surface area contributed by atoms with E-state index in [-0.39, 0.29) is 11.9 Å². The van der Waals surface area contributed by atoms with Crippen LogP contribution in [0.15, 0.2) is 18.2 Å². The van der Waals surface area contributed by atoms with Gasteiger partial charge < -0.3 is 10.2 Å². The molecule has 2 unspecified atom stereocenters. The standard InChI is InChI=1S/C14H18ClFN2/c1-9-7-17-13(10-5-6-10)8-18(9)14-11(15)3-2-4-12(14)16/h2-4,9-10,13,17H,5-8H2,1H3. The number of anilines is 1. The van der Waals surface area contributed by atoms with E-state index in [1.54, 1.807) is 12.1 Å². The maximum absolute atomic E-state index is 14.0. The third-order valence-electron chi connectivity index (χ3n) is 4.02. The Morgan fingerprint density at radius 1 is 1.39 bits per heavy atom. The summed E-state index contributed by atoms with van der Waals surface area (Å²) in [4.78, 5) is 2.12. The van der Waals surface area contributed by atoms with E-state index >= 15 is 0 Å². The van der Waals surface area contributed by atoms with Gasteiger partial charge in [0, 0.05) is 25.2 Å². The highest BCUT2D eigenvalue weighted by atomic mass is 35.5. The molecule has 4 heteroatoms. The van der Waals surface area contributed by atoms with Crippen LogP contribution < -0.4 is 10.2 Å². The first-order valence-corrected chi connectivity index (χ1v) is 6.98. The van der Waals surface area contributed by atoms with Crippen LogP contribution in [0, 0.1) is 11.7 Å². The first-order chi connectivity index (χ1) is 8.66. The topological polar surface area (TPSA) is 15.3 Å². The molecular weight excluding hydrogens is 251 g/mol. The highest BCUT2D eigenvalue weighted by molar-refractivity contribution is 6.33. The number of piperazine rings is 1. The number of nitrogens with zero attached hydrogens (tertiary/aromatic N) is 1. The lowest BCUT2D eigenvalue weighted by Gasteiger charge is -2.41. The number of halogens is 2. The first kappa shape index (κ1) is 12.2. The van der Waals surface area contributed by atoms with E-state index in [1.165, 1.54) is 18.9 Å². The van der Waals surface area contributed by atoms with Crippen molar-refractivity contribution in [2.45, 2.75) is 31.8 Å². The largest absolute Gasteiger partial charge is 0.362 e. The molecule has 0 aromatic heterocycles. The lowest BCUT2D eigenvalue weighted by atomic mass is 10.0. The second-order valence-corrected chi connectivity index (χ2v) is 5.83. The molecule has 2 aliphatic rings. The Labute approximate surface area is 112 Å². The second kappa shape index (κ2) is 4.71. The molecule has 1 aliphatic heterocycles. The number of hydrogen-bond acceptors (Lipinski definition) is 2. The number of hydrogen-bond donors (Lipinski definition) is 1. The summed E-state index contributed by atoms with van der Waals surface area (Å²) in [6.07, 6.45) is 2.59. The number of para-hydroxylation sites is 1. The molecule has 1 saturated carbocycles. The van der Waals surface area contributed by atoms with Gasteiger partial charge in [-0.05, 0) is 37.8 Å². The summed E-state index contributed by atoms with van der Waals surface area (Å²) in [5.74, 6) is 0.552. The predicted molar refractivity (Wildman–Crippen MR) is 72.7 cm³/mol. The molecule has 0 bridgehead atoms. The van der Waals surface area contributed by atoms with Crippen LogP contribution in [0.2, 0.25) is 5.02 Å². The van der Waals surface area contributed by atoms with E-state index in [4.69, 9.17) is 11.6 Å². The van der Waals surface area contributed by atoms with Crippen LogP contribution in [-0.4, -0.2) is 25.2 Å². The molecule has 0 amide bonds. The molecule has 2 fully saturated rings. The molecule has 2 nitrogen and oxygen atoms in total. The Hall–Kier alpha value is -0.800. The van der Waals surface area contributed by atoms with E-state index in [1.807, 2.05) is 0 Å². The minimum absolute atomic E-state index is 0.217. The van der Waals surface area contributed by atoms with Crippen molar-refractivity contribution in [3.63, 3.8) is 0 Å². The third-order valence-corrected chi connectivity index (χ3v) is 4.32. The van der Waals surface area contributed by atoms with Crippen LogP contribution in [0.5, 0.6) is 0 Å². The van der Waals surface area contributed by atoms with Crippen LogP contribution in [0.25, 0.3) is 0 Å². The van der Waals surface area contributed by atoms with Gasteiger partial charge in [0.15, 0.2) is 0 Å². The monoisotopic (exact) mass is 268 g/mol. The molecule has 1 N–H and O–H groups in total. The van der Waals surface area contributed by atoms with Gasteiger partial charge in [-0.15, -0.1) is 0 Å².